The molecule has 0 radical (unpaired) electrons. The summed E-state index contributed by atoms with van der Waals surface area (Å²) < 4.78 is 41.9. The molecular weight excluding hydrogens is 423 g/mol. The maximum atomic E-state index is 14.7. The van der Waals surface area contributed by atoms with Gasteiger partial charge in [0.05, 0.1) is 10.7 Å². The molecule has 10 heteroatoms. The molecule has 1 aromatic heterocycles. The van der Waals surface area contributed by atoms with Crippen LogP contribution in [-0.4, -0.2) is 51.0 Å². The highest BCUT2D eigenvalue weighted by atomic mass is 35.5. The van der Waals surface area contributed by atoms with Crippen LogP contribution in [0.1, 0.15) is 20.3 Å². The lowest BCUT2D eigenvalue weighted by Gasteiger charge is -2.24. The predicted octanol–water partition coefficient (Wildman–Crippen LogP) is 3.90. The van der Waals surface area contributed by atoms with Gasteiger partial charge in [-0.2, -0.15) is 0 Å². The number of aromatic nitrogens is 1. The number of nitrogens with one attached hydrogen (secondary N) is 1. The minimum Gasteiger partial charge on any atom is -0.370 e. The number of halogens is 2. The Kier molecular flexibility index (Phi) is 6.80. The van der Waals surface area contributed by atoms with Crippen molar-refractivity contribution in [2.24, 2.45) is 5.92 Å². The zero-order chi connectivity index (χ0) is 20.3. The zero-order valence-electron chi connectivity index (χ0n) is 15.9. The number of benzene rings is 1. The molecular formula is C18H24ClFN4O2S2. The molecule has 2 aromatic rings. The minimum atomic E-state index is -4.10. The van der Waals surface area contributed by atoms with Gasteiger partial charge < -0.3 is 9.80 Å². The van der Waals surface area contributed by atoms with E-state index in [1.807, 2.05) is 4.90 Å². The molecule has 1 saturated heterocycles. The van der Waals surface area contributed by atoms with Crippen LogP contribution >= 0.6 is 22.9 Å². The Morgan fingerprint density at radius 3 is 2.79 bits per heavy atom. The molecule has 0 saturated carbocycles. The molecule has 1 aliphatic heterocycles. The Balaban J connectivity index is 1.77. The van der Waals surface area contributed by atoms with Crippen LogP contribution in [0, 0.1) is 11.7 Å². The van der Waals surface area contributed by atoms with Gasteiger partial charge >= 0.3 is 0 Å². The van der Waals surface area contributed by atoms with Crippen molar-refractivity contribution in [1.82, 2.24) is 9.88 Å². The van der Waals surface area contributed by atoms with Gasteiger partial charge in [0.2, 0.25) is 0 Å². The van der Waals surface area contributed by atoms with Crippen LogP contribution in [0.4, 0.5) is 15.2 Å². The number of nitrogens with zero attached hydrogens (tertiary/aromatic N) is 3. The number of hydrogen-bond acceptors (Lipinski definition) is 6. The van der Waals surface area contributed by atoms with E-state index in [4.69, 9.17) is 11.6 Å². The molecule has 154 valence electrons. The largest absolute Gasteiger partial charge is 0.370 e. The molecule has 1 N–H and O–H groups in total. The van der Waals surface area contributed by atoms with Crippen molar-refractivity contribution in [1.29, 1.82) is 0 Å². The molecule has 0 aliphatic carbocycles. The summed E-state index contributed by atoms with van der Waals surface area (Å²) in [6, 6.07) is 2.40. The third-order valence-corrected chi connectivity index (χ3v) is 7.46. The molecule has 1 unspecified atom stereocenters. The molecule has 1 atom stereocenters. The third-order valence-electron chi connectivity index (χ3n) is 4.98. The average Bonchev–Trinajstić information content (AvgIpc) is 3.32. The smallest absolute Gasteiger partial charge is 0.266 e. The van der Waals surface area contributed by atoms with Gasteiger partial charge in [-0.25, -0.2) is 17.8 Å². The first-order valence-corrected chi connectivity index (χ1v) is 12.0. The molecule has 0 spiro atoms. The van der Waals surface area contributed by atoms with Gasteiger partial charge in [0.15, 0.2) is 5.13 Å². The Morgan fingerprint density at radius 2 is 2.14 bits per heavy atom. The van der Waals surface area contributed by atoms with Crippen LogP contribution in [0.5, 0.6) is 0 Å². The Bertz CT molecular complexity index is 905. The zero-order valence-corrected chi connectivity index (χ0v) is 18.2. The number of rotatable bonds is 8. The first kappa shape index (κ1) is 21.3. The normalized spacial score (nSPS) is 17.5. The molecule has 2 heterocycles. The molecule has 6 nitrogen and oxygen atoms in total. The van der Waals surface area contributed by atoms with E-state index in [0.717, 1.165) is 50.5 Å². The molecule has 1 fully saturated rings. The molecule has 1 aromatic carbocycles. The fourth-order valence-electron chi connectivity index (χ4n) is 3.46. The van der Waals surface area contributed by atoms with Crippen molar-refractivity contribution in [3.8, 4) is 0 Å². The third kappa shape index (κ3) is 4.76. The second-order valence-electron chi connectivity index (χ2n) is 6.76. The second-order valence-corrected chi connectivity index (χ2v) is 9.72. The van der Waals surface area contributed by atoms with Gasteiger partial charge in [-0.05, 0) is 31.5 Å². The summed E-state index contributed by atoms with van der Waals surface area (Å²) in [7, 11) is -4.10. The first-order chi connectivity index (χ1) is 13.3. The van der Waals surface area contributed by atoms with Crippen molar-refractivity contribution in [2.75, 3.05) is 42.3 Å². The summed E-state index contributed by atoms with van der Waals surface area (Å²) in [6.07, 6.45) is 2.47. The van der Waals surface area contributed by atoms with E-state index < -0.39 is 20.7 Å². The van der Waals surface area contributed by atoms with Crippen LogP contribution in [0.3, 0.4) is 0 Å². The van der Waals surface area contributed by atoms with Gasteiger partial charge in [-0.15, -0.1) is 11.3 Å². The van der Waals surface area contributed by atoms with Gasteiger partial charge in [0, 0.05) is 37.3 Å². The minimum absolute atomic E-state index is 0.179. The predicted molar refractivity (Wildman–Crippen MR) is 112 cm³/mol. The molecule has 0 bridgehead atoms. The van der Waals surface area contributed by atoms with E-state index in [9.17, 15) is 12.8 Å². The van der Waals surface area contributed by atoms with Crippen LogP contribution in [-0.2, 0) is 10.0 Å². The van der Waals surface area contributed by atoms with Crippen LogP contribution in [0.15, 0.2) is 28.6 Å². The molecule has 3 rings (SSSR count). The monoisotopic (exact) mass is 446 g/mol. The van der Waals surface area contributed by atoms with Gasteiger partial charge in [-0.3, -0.25) is 4.72 Å². The molecule has 0 amide bonds. The van der Waals surface area contributed by atoms with E-state index in [1.165, 1.54) is 18.3 Å². The van der Waals surface area contributed by atoms with E-state index in [1.54, 1.807) is 5.38 Å². The van der Waals surface area contributed by atoms with E-state index in [0.29, 0.717) is 11.6 Å². The second kappa shape index (κ2) is 8.94. The van der Waals surface area contributed by atoms with Gasteiger partial charge in [0.25, 0.3) is 10.0 Å². The van der Waals surface area contributed by atoms with Crippen molar-refractivity contribution in [3.63, 3.8) is 0 Å². The average molecular weight is 447 g/mol. The maximum absolute atomic E-state index is 14.7. The molecule has 1 aliphatic rings. The van der Waals surface area contributed by atoms with Gasteiger partial charge in [0.1, 0.15) is 10.7 Å². The summed E-state index contributed by atoms with van der Waals surface area (Å²) in [6.45, 7) is 8.83. The quantitative estimate of drug-likeness (QED) is 0.666. The van der Waals surface area contributed by atoms with Crippen LogP contribution in [0.25, 0.3) is 0 Å². The SMILES string of the molecule is CCN(CC)CC1CCN(c2cc(F)c(S(=O)(=O)Nc3nccs3)cc2Cl)C1. The summed E-state index contributed by atoms with van der Waals surface area (Å²) in [5.74, 6) is -0.343. The van der Waals surface area contributed by atoms with E-state index in [-0.39, 0.29) is 10.2 Å². The lowest BCUT2D eigenvalue weighted by Crippen LogP contribution is -2.31. The Hall–Kier alpha value is -1.42. The summed E-state index contributed by atoms with van der Waals surface area (Å²) in [5.41, 5.74) is 0.536. The van der Waals surface area contributed by atoms with Gasteiger partial charge in [-0.1, -0.05) is 25.4 Å². The number of sulfonamides is 1. The van der Waals surface area contributed by atoms with Crippen molar-refractivity contribution in [3.05, 3.63) is 34.5 Å². The lowest BCUT2D eigenvalue weighted by atomic mass is 10.1. The fraction of sp³-hybridized carbons (Fsp3) is 0.500. The highest BCUT2D eigenvalue weighted by Crippen LogP contribution is 2.34. The summed E-state index contributed by atoms with van der Waals surface area (Å²) in [4.78, 5) is 7.79. The van der Waals surface area contributed by atoms with Crippen LogP contribution in [0.2, 0.25) is 5.02 Å². The van der Waals surface area contributed by atoms with E-state index in [2.05, 4.69) is 28.5 Å². The van der Waals surface area contributed by atoms with Crippen LogP contribution < -0.4 is 9.62 Å². The Labute approximate surface area is 174 Å². The molecule has 28 heavy (non-hydrogen) atoms. The first-order valence-electron chi connectivity index (χ1n) is 9.22. The standard InChI is InChI=1S/C18H24ClFN4O2S2/c1-3-23(4-2)11-13-5-7-24(12-13)16-10-15(20)17(9-14(16)19)28(25,26)22-18-21-6-8-27-18/h6,8-10,13H,3-5,7,11-12H2,1-2H3,(H,21,22). The van der Waals surface area contributed by atoms with Crippen molar-refractivity contribution >= 4 is 43.8 Å². The number of hydrogen-bond donors (Lipinski definition) is 1. The van der Waals surface area contributed by atoms with Crippen molar-refractivity contribution in [2.45, 2.75) is 25.2 Å². The van der Waals surface area contributed by atoms with Crippen molar-refractivity contribution < 1.29 is 12.8 Å². The fourth-order valence-corrected chi connectivity index (χ4v) is 5.68. The lowest BCUT2D eigenvalue weighted by molar-refractivity contribution is 0.261. The highest BCUT2D eigenvalue weighted by Gasteiger charge is 2.28. The Morgan fingerprint density at radius 1 is 1.39 bits per heavy atom. The number of anilines is 2. The summed E-state index contributed by atoms with van der Waals surface area (Å²) >= 11 is 7.47. The van der Waals surface area contributed by atoms with E-state index >= 15 is 0 Å². The number of thiazole rings is 1. The highest BCUT2D eigenvalue weighted by molar-refractivity contribution is 7.93. The maximum Gasteiger partial charge on any atom is 0.266 e. The summed E-state index contributed by atoms with van der Waals surface area (Å²) in [5, 5.41) is 2.04. The topological polar surface area (TPSA) is 65.5 Å².